The van der Waals surface area contributed by atoms with Gasteiger partial charge in [-0.05, 0) is 12.1 Å². The van der Waals surface area contributed by atoms with E-state index in [9.17, 15) is 9.90 Å². The van der Waals surface area contributed by atoms with Gasteiger partial charge in [-0.3, -0.25) is 0 Å². The van der Waals surface area contributed by atoms with Crippen LogP contribution in [0.2, 0.25) is 0 Å². The normalized spacial score (nSPS) is 10.1. The topological polar surface area (TPSA) is 55.8 Å². The van der Waals surface area contributed by atoms with E-state index in [0.29, 0.717) is 16.9 Å². The minimum absolute atomic E-state index is 0.0885. The van der Waals surface area contributed by atoms with Crippen LogP contribution in [-0.2, 0) is 18.0 Å². The summed E-state index contributed by atoms with van der Waals surface area (Å²) in [4.78, 5) is 11.7. The first kappa shape index (κ1) is 14.1. The van der Waals surface area contributed by atoms with Crippen molar-refractivity contribution in [3.8, 4) is 5.75 Å². The smallest absolute Gasteiger partial charge is 0.338 e. The van der Waals surface area contributed by atoms with E-state index in [1.807, 2.05) is 24.3 Å². The number of methoxy groups -OCH3 is 1. The second kappa shape index (κ2) is 6.73. The summed E-state index contributed by atoms with van der Waals surface area (Å²) >= 11 is 0. The Morgan fingerprint density at radius 3 is 2.40 bits per heavy atom. The lowest BCUT2D eigenvalue weighted by Gasteiger charge is -2.12. The molecule has 20 heavy (non-hydrogen) atoms. The summed E-state index contributed by atoms with van der Waals surface area (Å²) in [6.07, 6.45) is 0. The van der Waals surface area contributed by atoms with Gasteiger partial charge in [-0.15, -0.1) is 0 Å². The van der Waals surface area contributed by atoms with E-state index in [1.54, 1.807) is 24.3 Å². The molecule has 2 aromatic rings. The van der Waals surface area contributed by atoms with Gasteiger partial charge in [0.2, 0.25) is 0 Å². The van der Waals surface area contributed by atoms with Gasteiger partial charge in [-0.2, -0.15) is 0 Å². The lowest BCUT2D eigenvalue weighted by molar-refractivity contribution is 0.0597. The molecule has 1 N–H and O–H groups in total. The molecule has 0 amide bonds. The van der Waals surface area contributed by atoms with E-state index in [0.717, 1.165) is 5.56 Å². The zero-order chi connectivity index (χ0) is 14.4. The number of hydrogen-bond acceptors (Lipinski definition) is 4. The molecule has 2 aromatic carbocycles. The van der Waals surface area contributed by atoms with Crippen LogP contribution in [0.25, 0.3) is 0 Å². The summed E-state index contributed by atoms with van der Waals surface area (Å²) in [5, 5.41) is 9.24. The number of carbonyl (C=O) groups is 1. The third kappa shape index (κ3) is 3.16. The molecule has 0 aromatic heterocycles. The van der Waals surface area contributed by atoms with Crippen LogP contribution in [0.1, 0.15) is 21.5 Å². The van der Waals surface area contributed by atoms with Gasteiger partial charge < -0.3 is 14.6 Å². The Bertz CT molecular complexity index is 593. The van der Waals surface area contributed by atoms with Crippen molar-refractivity contribution in [3.63, 3.8) is 0 Å². The second-order valence-corrected chi connectivity index (χ2v) is 4.20. The molecule has 4 heteroatoms. The SMILES string of the molecule is COC(=O)c1ccccc1COc1ccccc1CO. The first-order valence-corrected chi connectivity index (χ1v) is 6.24. The van der Waals surface area contributed by atoms with Crippen LogP contribution in [0.15, 0.2) is 48.5 Å². The molecule has 0 unspecified atom stereocenters. The molecule has 0 heterocycles. The Labute approximate surface area is 117 Å². The molecule has 0 aliphatic heterocycles. The number of hydrogen-bond donors (Lipinski definition) is 1. The molecule has 0 spiro atoms. The number of carbonyl (C=O) groups excluding carboxylic acids is 1. The van der Waals surface area contributed by atoms with Crippen LogP contribution in [0.4, 0.5) is 0 Å². The van der Waals surface area contributed by atoms with Gasteiger partial charge in [0.25, 0.3) is 0 Å². The summed E-state index contributed by atoms with van der Waals surface area (Å²) < 4.78 is 10.4. The molecule has 0 saturated carbocycles. The molecule has 0 aliphatic carbocycles. The van der Waals surface area contributed by atoms with Crippen LogP contribution < -0.4 is 4.74 Å². The average molecular weight is 272 g/mol. The van der Waals surface area contributed by atoms with Gasteiger partial charge >= 0.3 is 5.97 Å². The van der Waals surface area contributed by atoms with Crippen LogP contribution in [-0.4, -0.2) is 18.2 Å². The highest BCUT2D eigenvalue weighted by atomic mass is 16.5. The maximum absolute atomic E-state index is 11.7. The minimum atomic E-state index is -0.389. The number of aliphatic hydroxyl groups is 1. The average Bonchev–Trinajstić information content (AvgIpc) is 2.52. The Morgan fingerprint density at radius 1 is 1.05 bits per heavy atom. The van der Waals surface area contributed by atoms with Gasteiger partial charge in [0.05, 0.1) is 19.3 Å². The van der Waals surface area contributed by atoms with Crippen molar-refractivity contribution in [2.45, 2.75) is 13.2 Å². The van der Waals surface area contributed by atoms with Crippen molar-refractivity contribution in [1.82, 2.24) is 0 Å². The van der Waals surface area contributed by atoms with E-state index < -0.39 is 0 Å². The van der Waals surface area contributed by atoms with Gasteiger partial charge in [-0.1, -0.05) is 36.4 Å². The summed E-state index contributed by atoms with van der Waals surface area (Å²) in [5.74, 6) is 0.217. The Hall–Kier alpha value is -2.33. The standard InChI is InChI=1S/C16H16O4/c1-19-16(18)14-8-4-2-7-13(14)11-20-15-9-5-3-6-12(15)10-17/h2-9,17H,10-11H2,1H3. The van der Waals surface area contributed by atoms with Crippen LogP contribution >= 0.6 is 0 Å². The largest absolute Gasteiger partial charge is 0.489 e. The molecule has 0 radical (unpaired) electrons. The predicted molar refractivity (Wildman–Crippen MR) is 74.5 cm³/mol. The molecule has 0 aliphatic rings. The number of aliphatic hydroxyl groups excluding tert-OH is 1. The van der Waals surface area contributed by atoms with E-state index >= 15 is 0 Å². The van der Waals surface area contributed by atoms with Crippen molar-refractivity contribution in [2.75, 3.05) is 7.11 Å². The fraction of sp³-hybridized carbons (Fsp3) is 0.188. The molecule has 4 nitrogen and oxygen atoms in total. The number of para-hydroxylation sites is 1. The molecule has 0 saturated heterocycles. The summed E-state index contributed by atoms with van der Waals surface area (Å²) in [7, 11) is 1.35. The number of rotatable bonds is 5. The fourth-order valence-corrected chi connectivity index (χ4v) is 1.89. The summed E-state index contributed by atoms with van der Waals surface area (Å²) in [6, 6.07) is 14.4. The summed E-state index contributed by atoms with van der Waals surface area (Å²) in [6.45, 7) is 0.150. The minimum Gasteiger partial charge on any atom is -0.489 e. The molecule has 0 fully saturated rings. The molecule has 0 bridgehead atoms. The highest BCUT2D eigenvalue weighted by Gasteiger charge is 2.11. The molecule has 2 rings (SSSR count). The number of esters is 1. The Balaban J connectivity index is 2.17. The maximum Gasteiger partial charge on any atom is 0.338 e. The zero-order valence-corrected chi connectivity index (χ0v) is 11.2. The van der Waals surface area contributed by atoms with E-state index in [-0.39, 0.29) is 19.2 Å². The van der Waals surface area contributed by atoms with Gasteiger partial charge in [0, 0.05) is 11.1 Å². The van der Waals surface area contributed by atoms with Crippen LogP contribution in [0.3, 0.4) is 0 Å². The van der Waals surface area contributed by atoms with Crippen molar-refractivity contribution in [2.24, 2.45) is 0 Å². The first-order valence-electron chi connectivity index (χ1n) is 6.24. The highest BCUT2D eigenvalue weighted by Crippen LogP contribution is 2.20. The van der Waals surface area contributed by atoms with Crippen molar-refractivity contribution < 1.29 is 19.4 Å². The molecular formula is C16H16O4. The first-order chi connectivity index (χ1) is 9.76. The Kier molecular flexibility index (Phi) is 4.74. The number of ether oxygens (including phenoxy) is 2. The molecule has 104 valence electrons. The Morgan fingerprint density at radius 2 is 1.70 bits per heavy atom. The van der Waals surface area contributed by atoms with Crippen molar-refractivity contribution >= 4 is 5.97 Å². The zero-order valence-electron chi connectivity index (χ0n) is 11.2. The maximum atomic E-state index is 11.7. The highest BCUT2D eigenvalue weighted by molar-refractivity contribution is 5.90. The molecular weight excluding hydrogens is 256 g/mol. The van der Waals surface area contributed by atoms with E-state index in [2.05, 4.69) is 0 Å². The lowest BCUT2D eigenvalue weighted by Crippen LogP contribution is -2.08. The van der Waals surface area contributed by atoms with Crippen molar-refractivity contribution in [3.05, 3.63) is 65.2 Å². The van der Waals surface area contributed by atoms with Crippen LogP contribution in [0, 0.1) is 0 Å². The lowest BCUT2D eigenvalue weighted by atomic mass is 10.1. The summed E-state index contributed by atoms with van der Waals surface area (Å²) in [5.41, 5.74) is 1.94. The monoisotopic (exact) mass is 272 g/mol. The fourth-order valence-electron chi connectivity index (χ4n) is 1.89. The van der Waals surface area contributed by atoms with Crippen molar-refractivity contribution in [1.29, 1.82) is 0 Å². The third-order valence-electron chi connectivity index (χ3n) is 2.95. The van der Waals surface area contributed by atoms with E-state index in [4.69, 9.17) is 9.47 Å². The van der Waals surface area contributed by atoms with Gasteiger partial charge in [-0.25, -0.2) is 4.79 Å². The second-order valence-electron chi connectivity index (χ2n) is 4.20. The molecule has 0 atom stereocenters. The number of benzene rings is 2. The predicted octanol–water partition coefficient (Wildman–Crippen LogP) is 2.54. The van der Waals surface area contributed by atoms with Gasteiger partial charge in [0.15, 0.2) is 0 Å². The van der Waals surface area contributed by atoms with E-state index in [1.165, 1.54) is 7.11 Å². The van der Waals surface area contributed by atoms with Crippen LogP contribution in [0.5, 0.6) is 5.75 Å². The third-order valence-corrected chi connectivity index (χ3v) is 2.95. The quantitative estimate of drug-likeness (QED) is 0.850. The van der Waals surface area contributed by atoms with Gasteiger partial charge in [0.1, 0.15) is 12.4 Å².